The molecule has 1 heterocycles. The number of rotatable bonds is 5. The van der Waals surface area contributed by atoms with Gasteiger partial charge in [-0.3, -0.25) is 11.3 Å². The average molecular weight is 286 g/mol. The molecule has 1 fully saturated rings. The van der Waals surface area contributed by atoms with E-state index in [2.05, 4.69) is 40.1 Å². The summed E-state index contributed by atoms with van der Waals surface area (Å²) in [6, 6.07) is 8.62. The molecule has 0 amide bonds. The summed E-state index contributed by atoms with van der Waals surface area (Å²) in [7, 11) is 0. The highest BCUT2D eigenvalue weighted by Crippen LogP contribution is 2.33. The molecule has 0 bridgehead atoms. The van der Waals surface area contributed by atoms with Crippen molar-refractivity contribution in [2.45, 2.75) is 51.6 Å². The first kappa shape index (κ1) is 14.5. The maximum absolute atomic E-state index is 5.85. The Bertz CT molecular complexity index is 569. The number of nitrogens with zero attached hydrogens (tertiary/aromatic N) is 2. The first-order chi connectivity index (χ1) is 10.3. The molecule has 1 aromatic carbocycles. The van der Waals surface area contributed by atoms with Crippen LogP contribution in [-0.4, -0.2) is 15.6 Å². The molecule has 114 valence electrons. The molecule has 3 N–H and O–H groups in total. The fourth-order valence-electron chi connectivity index (χ4n) is 3.70. The smallest absolute Gasteiger partial charge is 0.0958 e. The molecule has 1 saturated carbocycles. The van der Waals surface area contributed by atoms with Crippen LogP contribution in [0, 0.1) is 11.8 Å². The van der Waals surface area contributed by atoms with Crippen LogP contribution in [-0.2, 0) is 6.54 Å². The average Bonchev–Trinajstić information content (AvgIpc) is 2.96. The Balaban J connectivity index is 1.70. The highest BCUT2D eigenvalue weighted by atomic mass is 15.3. The zero-order valence-corrected chi connectivity index (χ0v) is 12.8. The van der Waals surface area contributed by atoms with Crippen LogP contribution in [0.1, 0.15) is 39.0 Å². The molecule has 1 aromatic heterocycles. The Morgan fingerprint density at radius 2 is 2.05 bits per heavy atom. The van der Waals surface area contributed by atoms with Crippen LogP contribution >= 0.6 is 0 Å². The molecular weight excluding hydrogens is 260 g/mol. The van der Waals surface area contributed by atoms with E-state index < -0.39 is 0 Å². The minimum absolute atomic E-state index is 0.334. The number of hydrogen-bond acceptors (Lipinski definition) is 3. The first-order valence-corrected chi connectivity index (χ1v) is 8.17. The van der Waals surface area contributed by atoms with E-state index in [0.29, 0.717) is 12.0 Å². The van der Waals surface area contributed by atoms with E-state index >= 15 is 0 Å². The monoisotopic (exact) mass is 286 g/mol. The van der Waals surface area contributed by atoms with Crippen LogP contribution in [0.2, 0.25) is 0 Å². The molecule has 21 heavy (non-hydrogen) atoms. The summed E-state index contributed by atoms with van der Waals surface area (Å²) in [5.41, 5.74) is 5.31. The molecule has 0 saturated heterocycles. The fourth-order valence-corrected chi connectivity index (χ4v) is 3.70. The number of para-hydroxylation sites is 2. The van der Waals surface area contributed by atoms with Crippen LogP contribution in [0.4, 0.5) is 0 Å². The van der Waals surface area contributed by atoms with Crippen molar-refractivity contribution in [1.29, 1.82) is 0 Å². The normalized spacial score (nSPS) is 24.3. The lowest BCUT2D eigenvalue weighted by Gasteiger charge is -2.33. The number of aromatic nitrogens is 2. The Labute approximate surface area is 126 Å². The van der Waals surface area contributed by atoms with E-state index in [4.69, 9.17) is 5.84 Å². The van der Waals surface area contributed by atoms with Crippen LogP contribution in [0.3, 0.4) is 0 Å². The molecule has 4 heteroatoms. The second-order valence-electron chi connectivity index (χ2n) is 6.35. The van der Waals surface area contributed by atoms with Gasteiger partial charge in [-0.1, -0.05) is 38.3 Å². The largest absolute Gasteiger partial charge is 0.329 e. The summed E-state index contributed by atoms with van der Waals surface area (Å²) in [4.78, 5) is 4.47. The van der Waals surface area contributed by atoms with Gasteiger partial charge < -0.3 is 4.57 Å². The molecule has 3 rings (SSSR count). The summed E-state index contributed by atoms with van der Waals surface area (Å²) in [5.74, 6) is 7.45. The molecule has 1 aliphatic rings. The summed E-state index contributed by atoms with van der Waals surface area (Å²) >= 11 is 0. The van der Waals surface area contributed by atoms with E-state index in [0.717, 1.165) is 18.0 Å². The van der Waals surface area contributed by atoms with Crippen LogP contribution < -0.4 is 11.3 Å². The zero-order valence-electron chi connectivity index (χ0n) is 12.8. The van der Waals surface area contributed by atoms with Crippen molar-refractivity contribution < 1.29 is 0 Å². The third kappa shape index (κ3) is 3.11. The van der Waals surface area contributed by atoms with Gasteiger partial charge in [-0.2, -0.15) is 0 Å². The van der Waals surface area contributed by atoms with E-state index in [1.54, 1.807) is 0 Å². The quantitative estimate of drug-likeness (QED) is 0.656. The topological polar surface area (TPSA) is 55.9 Å². The minimum atomic E-state index is 0.334. The summed E-state index contributed by atoms with van der Waals surface area (Å²) in [6.45, 7) is 3.21. The van der Waals surface area contributed by atoms with E-state index in [-0.39, 0.29) is 0 Å². The first-order valence-electron chi connectivity index (χ1n) is 8.17. The molecule has 1 unspecified atom stereocenters. The molecule has 1 atom stereocenters. The molecular formula is C17H26N4. The molecule has 0 radical (unpaired) electrons. The van der Waals surface area contributed by atoms with Gasteiger partial charge in [0.1, 0.15) is 0 Å². The van der Waals surface area contributed by atoms with E-state index in [9.17, 15) is 0 Å². The molecule has 0 aliphatic heterocycles. The van der Waals surface area contributed by atoms with Gasteiger partial charge in [0.15, 0.2) is 0 Å². The van der Waals surface area contributed by atoms with Crippen molar-refractivity contribution >= 4 is 11.0 Å². The van der Waals surface area contributed by atoms with Gasteiger partial charge in [-0.05, 0) is 36.8 Å². The lowest BCUT2D eigenvalue weighted by atomic mass is 9.77. The number of fused-ring (bicyclic) bond motifs is 1. The Morgan fingerprint density at radius 1 is 1.29 bits per heavy atom. The standard InChI is InChI=1S/C17H26N4/c1-2-13-7-9-14(10-8-13)16(20-18)11-21-12-19-15-5-3-4-6-17(15)21/h3-6,12-14,16,20H,2,7-11,18H2,1H3. The number of nitrogens with one attached hydrogen (secondary N) is 1. The van der Waals surface area contributed by atoms with Crippen molar-refractivity contribution in [2.24, 2.45) is 17.7 Å². The van der Waals surface area contributed by atoms with E-state index in [1.165, 1.54) is 37.6 Å². The minimum Gasteiger partial charge on any atom is -0.329 e. The summed E-state index contributed by atoms with van der Waals surface area (Å²) in [5, 5.41) is 0. The lowest BCUT2D eigenvalue weighted by molar-refractivity contribution is 0.206. The van der Waals surface area contributed by atoms with Crippen molar-refractivity contribution in [2.75, 3.05) is 0 Å². The number of hydrazine groups is 1. The van der Waals surface area contributed by atoms with Crippen molar-refractivity contribution in [3.63, 3.8) is 0 Å². The van der Waals surface area contributed by atoms with Gasteiger partial charge in [0.05, 0.1) is 17.4 Å². The fraction of sp³-hybridized carbons (Fsp3) is 0.588. The zero-order chi connectivity index (χ0) is 14.7. The molecule has 1 aliphatic carbocycles. The highest BCUT2D eigenvalue weighted by Gasteiger charge is 2.26. The predicted octanol–water partition coefficient (Wildman–Crippen LogP) is 3.08. The Kier molecular flexibility index (Phi) is 4.56. The lowest BCUT2D eigenvalue weighted by Crippen LogP contribution is -2.44. The number of hydrogen-bond donors (Lipinski definition) is 2. The molecule has 4 nitrogen and oxygen atoms in total. The van der Waals surface area contributed by atoms with Gasteiger partial charge in [0, 0.05) is 12.6 Å². The number of benzene rings is 1. The molecule has 0 spiro atoms. The van der Waals surface area contributed by atoms with Crippen molar-refractivity contribution in [3.8, 4) is 0 Å². The second-order valence-corrected chi connectivity index (χ2v) is 6.35. The summed E-state index contributed by atoms with van der Waals surface area (Å²) in [6.07, 6.45) is 8.54. The maximum Gasteiger partial charge on any atom is 0.0958 e. The Hall–Kier alpha value is -1.39. The third-order valence-corrected chi connectivity index (χ3v) is 5.17. The Morgan fingerprint density at radius 3 is 2.76 bits per heavy atom. The van der Waals surface area contributed by atoms with Crippen LogP contribution in [0.5, 0.6) is 0 Å². The number of nitrogens with two attached hydrogens (primary N) is 1. The number of imidazole rings is 1. The van der Waals surface area contributed by atoms with Crippen molar-refractivity contribution in [3.05, 3.63) is 30.6 Å². The third-order valence-electron chi connectivity index (χ3n) is 5.17. The second kappa shape index (κ2) is 6.58. The van der Waals surface area contributed by atoms with E-state index in [1.807, 2.05) is 12.4 Å². The van der Waals surface area contributed by atoms with Crippen LogP contribution in [0.25, 0.3) is 11.0 Å². The van der Waals surface area contributed by atoms with Crippen molar-refractivity contribution in [1.82, 2.24) is 15.0 Å². The van der Waals surface area contributed by atoms with Crippen LogP contribution in [0.15, 0.2) is 30.6 Å². The predicted molar refractivity (Wildman–Crippen MR) is 86.6 cm³/mol. The van der Waals surface area contributed by atoms with Gasteiger partial charge in [0.25, 0.3) is 0 Å². The highest BCUT2D eigenvalue weighted by molar-refractivity contribution is 5.74. The SMILES string of the molecule is CCC1CCC(C(Cn2cnc3ccccc32)NN)CC1. The van der Waals surface area contributed by atoms with Gasteiger partial charge >= 0.3 is 0 Å². The summed E-state index contributed by atoms with van der Waals surface area (Å²) < 4.78 is 2.23. The van der Waals surface area contributed by atoms with Gasteiger partial charge in [-0.25, -0.2) is 4.98 Å². The van der Waals surface area contributed by atoms with Gasteiger partial charge in [-0.15, -0.1) is 0 Å². The van der Waals surface area contributed by atoms with Gasteiger partial charge in [0.2, 0.25) is 0 Å². The molecule has 2 aromatic rings. The maximum atomic E-state index is 5.85.